The first-order chi connectivity index (χ1) is 10.2. The van der Waals surface area contributed by atoms with Crippen LogP contribution in [0.5, 0.6) is 0 Å². The monoisotopic (exact) mass is 301 g/mol. The lowest BCUT2D eigenvalue weighted by Crippen LogP contribution is -2.26. The van der Waals surface area contributed by atoms with Crippen LogP contribution in [0.4, 0.5) is 5.69 Å². The average molecular weight is 301 g/mol. The first-order valence-electron chi connectivity index (χ1n) is 7.29. The third-order valence-corrected chi connectivity index (χ3v) is 5.04. The van der Waals surface area contributed by atoms with Crippen molar-refractivity contribution in [2.75, 3.05) is 11.9 Å². The molecule has 110 valence electrons. The summed E-state index contributed by atoms with van der Waals surface area (Å²) in [4.78, 5) is 18.0. The van der Waals surface area contributed by atoms with Gasteiger partial charge in [0.05, 0.1) is 6.04 Å². The van der Waals surface area contributed by atoms with Crippen LogP contribution in [-0.4, -0.2) is 17.4 Å². The molecule has 5 heteroatoms. The highest BCUT2D eigenvalue weighted by Crippen LogP contribution is 2.24. The van der Waals surface area contributed by atoms with Crippen LogP contribution in [0.25, 0.3) is 0 Å². The summed E-state index contributed by atoms with van der Waals surface area (Å²) in [6.45, 7) is 5.04. The number of hydrogen-bond donors (Lipinski definition) is 2. The maximum absolute atomic E-state index is 12.3. The zero-order valence-corrected chi connectivity index (χ0v) is 13.1. The number of thiazole rings is 1. The van der Waals surface area contributed by atoms with Crippen molar-refractivity contribution in [1.29, 1.82) is 0 Å². The van der Waals surface area contributed by atoms with E-state index in [2.05, 4.69) is 22.5 Å². The van der Waals surface area contributed by atoms with Crippen LogP contribution >= 0.6 is 11.3 Å². The van der Waals surface area contributed by atoms with Crippen LogP contribution in [0.15, 0.2) is 24.4 Å². The van der Waals surface area contributed by atoms with Crippen molar-refractivity contribution in [2.45, 2.75) is 32.7 Å². The molecule has 2 heterocycles. The zero-order chi connectivity index (χ0) is 14.8. The maximum Gasteiger partial charge on any atom is 0.251 e. The number of anilines is 1. The number of aromatic nitrogens is 1. The summed E-state index contributed by atoms with van der Waals surface area (Å²) in [7, 11) is 0. The Bertz CT molecular complexity index is 665. The van der Waals surface area contributed by atoms with Crippen molar-refractivity contribution >= 4 is 22.9 Å². The Morgan fingerprint density at radius 2 is 2.38 bits per heavy atom. The Hall–Kier alpha value is -1.88. The van der Waals surface area contributed by atoms with Crippen molar-refractivity contribution in [3.8, 4) is 0 Å². The minimum absolute atomic E-state index is 0.0366. The molecule has 1 aliphatic heterocycles. The highest BCUT2D eigenvalue weighted by Gasteiger charge is 2.17. The normalized spacial score (nSPS) is 14.4. The van der Waals surface area contributed by atoms with Gasteiger partial charge in [-0.05, 0) is 43.5 Å². The van der Waals surface area contributed by atoms with E-state index in [-0.39, 0.29) is 11.9 Å². The average Bonchev–Trinajstić information content (AvgIpc) is 3.15. The van der Waals surface area contributed by atoms with E-state index in [9.17, 15) is 4.79 Å². The molecule has 0 fully saturated rings. The summed E-state index contributed by atoms with van der Waals surface area (Å²) in [6.07, 6.45) is 3.86. The number of fused-ring (bicyclic) bond motifs is 1. The summed E-state index contributed by atoms with van der Waals surface area (Å²) in [5.41, 5.74) is 3.08. The van der Waals surface area contributed by atoms with Gasteiger partial charge in [0.1, 0.15) is 5.01 Å². The molecule has 4 nitrogen and oxygen atoms in total. The van der Waals surface area contributed by atoms with Crippen LogP contribution in [0.3, 0.4) is 0 Å². The van der Waals surface area contributed by atoms with Gasteiger partial charge in [-0.15, -0.1) is 11.3 Å². The van der Waals surface area contributed by atoms with Crippen molar-refractivity contribution in [3.05, 3.63) is 45.4 Å². The molecule has 2 aromatic rings. The van der Waals surface area contributed by atoms with Gasteiger partial charge in [0.2, 0.25) is 0 Å². The fourth-order valence-electron chi connectivity index (χ4n) is 2.47. The number of carbonyl (C=O) groups is 1. The van der Waals surface area contributed by atoms with E-state index in [4.69, 9.17) is 0 Å². The molecule has 0 radical (unpaired) electrons. The highest BCUT2D eigenvalue weighted by molar-refractivity contribution is 7.11. The molecule has 21 heavy (non-hydrogen) atoms. The molecule has 1 atom stereocenters. The van der Waals surface area contributed by atoms with E-state index in [0.717, 1.165) is 35.6 Å². The molecular weight excluding hydrogens is 282 g/mol. The van der Waals surface area contributed by atoms with Crippen molar-refractivity contribution in [3.63, 3.8) is 0 Å². The van der Waals surface area contributed by atoms with Gasteiger partial charge >= 0.3 is 0 Å². The lowest BCUT2D eigenvalue weighted by molar-refractivity contribution is 0.0940. The molecule has 1 aromatic heterocycles. The standard InChI is InChI=1S/C16H19N3OS/c1-3-13-9-18-16(21-13)10(2)19-15(20)12-4-5-14-11(8-12)6-7-17-14/h4-5,8-10,17H,3,6-7H2,1-2H3,(H,19,20). The summed E-state index contributed by atoms with van der Waals surface area (Å²) < 4.78 is 0. The SMILES string of the molecule is CCc1cnc(C(C)NC(=O)c2ccc3c(c2)CCN3)s1. The van der Waals surface area contributed by atoms with Crippen molar-refractivity contribution in [2.24, 2.45) is 0 Å². The van der Waals surface area contributed by atoms with Gasteiger partial charge in [-0.25, -0.2) is 4.98 Å². The lowest BCUT2D eigenvalue weighted by Gasteiger charge is -2.12. The summed E-state index contributed by atoms with van der Waals surface area (Å²) in [6, 6.07) is 5.78. The van der Waals surface area contributed by atoms with Crippen molar-refractivity contribution in [1.82, 2.24) is 10.3 Å². The fraction of sp³-hybridized carbons (Fsp3) is 0.375. The minimum atomic E-state index is -0.0609. The maximum atomic E-state index is 12.3. The van der Waals surface area contributed by atoms with E-state index < -0.39 is 0 Å². The van der Waals surface area contributed by atoms with E-state index in [0.29, 0.717) is 0 Å². The van der Waals surface area contributed by atoms with E-state index in [1.54, 1.807) is 11.3 Å². The van der Waals surface area contributed by atoms with Crippen LogP contribution in [0.2, 0.25) is 0 Å². The molecule has 0 bridgehead atoms. The number of aryl methyl sites for hydroxylation is 1. The second-order valence-corrected chi connectivity index (χ2v) is 6.41. The molecule has 3 rings (SSSR count). The molecule has 2 N–H and O–H groups in total. The van der Waals surface area contributed by atoms with Crippen molar-refractivity contribution < 1.29 is 4.79 Å². The Labute approximate surface area is 128 Å². The molecule has 0 saturated heterocycles. The number of carbonyl (C=O) groups excluding carboxylic acids is 1. The van der Waals surface area contributed by atoms with Gasteiger partial charge < -0.3 is 10.6 Å². The first kappa shape index (κ1) is 14.1. The van der Waals surface area contributed by atoms with Gasteiger partial charge in [0, 0.05) is 28.9 Å². The Kier molecular flexibility index (Phi) is 3.92. The number of amides is 1. The number of nitrogens with zero attached hydrogens (tertiary/aromatic N) is 1. The Balaban J connectivity index is 1.70. The molecule has 1 amide bonds. The van der Waals surface area contributed by atoms with E-state index in [1.807, 2.05) is 31.3 Å². The predicted molar refractivity (Wildman–Crippen MR) is 86.0 cm³/mol. The molecule has 0 spiro atoms. The number of hydrogen-bond acceptors (Lipinski definition) is 4. The Morgan fingerprint density at radius 1 is 1.52 bits per heavy atom. The summed E-state index contributed by atoms with van der Waals surface area (Å²) >= 11 is 1.66. The lowest BCUT2D eigenvalue weighted by atomic mass is 10.1. The van der Waals surface area contributed by atoms with Gasteiger partial charge in [-0.1, -0.05) is 6.92 Å². The van der Waals surface area contributed by atoms with Crippen LogP contribution in [-0.2, 0) is 12.8 Å². The number of nitrogens with one attached hydrogen (secondary N) is 2. The molecule has 1 aromatic carbocycles. The summed E-state index contributed by atoms with van der Waals surface area (Å²) in [5.74, 6) is -0.0366. The smallest absolute Gasteiger partial charge is 0.251 e. The third kappa shape index (κ3) is 2.93. The molecule has 0 saturated carbocycles. The first-order valence-corrected chi connectivity index (χ1v) is 8.11. The molecule has 0 aliphatic carbocycles. The van der Waals surface area contributed by atoms with Gasteiger partial charge in [0.25, 0.3) is 5.91 Å². The van der Waals surface area contributed by atoms with Crippen LogP contribution in [0.1, 0.15) is 45.7 Å². The number of rotatable bonds is 4. The topological polar surface area (TPSA) is 54.0 Å². The molecule has 1 aliphatic rings. The molecular formula is C16H19N3OS. The largest absolute Gasteiger partial charge is 0.384 e. The second-order valence-electron chi connectivity index (χ2n) is 5.26. The fourth-order valence-corrected chi connectivity index (χ4v) is 3.33. The number of benzene rings is 1. The third-order valence-electron chi connectivity index (χ3n) is 3.72. The van der Waals surface area contributed by atoms with Crippen LogP contribution in [0, 0.1) is 0 Å². The quantitative estimate of drug-likeness (QED) is 0.912. The van der Waals surface area contributed by atoms with Gasteiger partial charge in [0.15, 0.2) is 0 Å². The second kappa shape index (κ2) is 5.85. The van der Waals surface area contributed by atoms with E-state index >= 15 is 0 Å². The van der Waals surface area contributed by atoms with Crippen LogP contribution < -0.4 is 10.6 Å². The Morgan fingerprint density at radius 3 is 3.14 bits per heavy atom. The zero-order valence-electron chi connectivity index (χ0n) is 12.3. The van der Waals surface area contributed by atoms with Gasteiger partial charge in [-0.3, -0.25) is 4.79 Å². The molecule has 1 unspecified atom stereocenters. The predicted octanol–water partition coefficient (Wildman–Crippen LogP) is 3.16. The van der Waals surface area contributed by atoms with Gasteiger partial charge in [-0.2, -0.15) is 0 Å². The van der Waals surface area contributed by atoms with E-state index in [1.165, 1.54) is 10.4 Å². The highest BCUT2D eigenvalue weighted by atomic mass is 32.1. The summed E-state index contributed by atoms with van der Waals surface area (Å²) in [5, 5.41) is 7.29. The minimum Gasteiger partial charge on any atom is -0.384 e.